The fourth-order valence-corrected chi connectivity index (χ4v) is 2.39. The highest BCUT2D eigenvalue weighted by molar-refractivity contribution is 5.27. The topological polar surface area (TPSA) is 50.3 Å². The maximum absolute atomic E-state index is 5.37. The summed E-state index contributed by atoms with van der Waals surface area (Å²) in [7, 11) is 0. The molecule has 0 saturated carbocycles. The average Bonchev–Trinajstić information content (AvgIpc) is 2.86. The number of likely N-dealkylation sites (tertiary alicyclic amines) is 1. The molecule has 0 aliphatic carbocycles. The van der Waals surface area contributed by atoms with Crippen LogP contribution in [0.25, 0.3) is 0 Å². The van der Waals surface area contributed by atoms with E-state index < -0.39 is 0 Å². The molecule has 1 aliphatic heterocycles. The number of aromatic nitrogens is 2. The van der Waals surface area contributed by atoms with Gasteiger partial charge in [-0.05, 0) is 39.7 Å². The number of hydrogen-bond donors (Lipinski definition) is 1. The van der Waals surface area contributed by atoms with E-state index in [1.165, 1.54) is 13.0 Å². The molecule has 0 amide bonds. The highest BCUT2D eigenvalue weighted by Gasteiger charge is 2.23. The number of rotatable bonds is 6. The van der Waals surface area contributed by atoms with Crippen LogP contribution in [0.5, 0.6) is 5.88 Å². The second-order valence-electron chi connectivity index (χ2n) is 5.28. The van der Waals surface area contributed by atoms with Crippen LogP contribution >= 0.6 is 0 Å². The summed E-state index contributed by atoms with van der Waals surface area (Å²) in [5.41, 5.74) is 0. The largest absolute Gasteiger partial charge is 0.478 e. The summed E-state index contributed by atoms with van der Waals surface area (Å²) in [5.74, 6) is 1.98. The summed E-state index contributed by atoms with van der Waals surface area (Å²) in [5, 5.41) is 3.32. The molecule has 19 heavy (non-hydrogen) atoms. The SMILES string of the molecule is CCOc1ccnc(NCC2CCN(C(C)C)C2)n1. The third-order valence-electron chi connectivity index (χ3n) is 3.52. The van der Waals surface area contributed by atoms with Crippen LogP contribution in [-0.4, -0.2) is 47.2 Å². The zero-order valence-corrected chi connectivity index (χ0v) is 12.1. The van der Waals surface area contributed by atoms with Gasteiger partial charge in [-0.15, -0.1) is 0 Å². The molecule has 1 aromatic rings. The van der Waals surface area contributed by atoms with E-state index >= 15 is 0 Å². The van der Waals surface area contributed by atoms with Gasteiger partial charge in [0.15, 0.2) is 0 Å². The van der Waals surface area contributed by atoms with E-state index in [0.29, 0.717) is 30.4 Å². The van der Waals surface area contributed by atoms with Gasteiger partial charge in [0.1, 0.15) is 0 Å². The molecule has 1 N–H and O–H groups in total. The van der Waals surface area contributed by atoms with E-state index in [2.05, 4.69) is 34.0 Å². The zero-order valence-electron chi connectivity index (χ0n) is 12.1. The minimum atomic E-state index is 0.627. The fraction of sp³-hybridized carbons (Fsp3) is 0.714. The molecular weight excluding hydrogens is 240 g/mol. The van der Waals surface area contributed by atoms with Gasteiger partial charge in [0, 0.05) is 31.4 Å². The van der Waals surface area contributed by atoms with Crippen molar-refractivity contribution in [2.45, 2.75) is 33.2 Å². The number of hydrogen-bond acceptors (Lipinski definition) is 5. The first-order valence-electron chi connectivity index (χ1n) is 7.12. The smallest absolute Gasteiger partial charge is 0.225 e. The number of anilines is 1. The lowest BCUT2D eigenvalue weighted by Gasteiger charge is -2.20. The van der Waals surface area contributed by atoms with Gasteiger partial charge in [0.2, 0.25) is 11.8 Å². The fourth-order valence-electron chi connectivity index (χ4n) is 2.39. The Morgan fingerprint density at radius 3 is 3.05 bits per heavy atom. The summed E-state index contributed by atoms with van der Waals surface area (Å²) >= 11 is 0. The molecular formula is C14H24N4O. The van der Waals surface area contributed by atoms with Gasteiger partial charge in [-0.3, -0.25) is 0 Å². The van der Waals surface area contributed by atoms with Crippen molar-refractivity contribution >= 4 is 5.95 Å². The van der Waals surface area contributed by atoms with Crippen molar-refractivity contribution in [1.82, 2.24) is 14.9 Å². The maximum atomic E-state index is 5.37. The minimum absolute atomic E-state index is 0.627. The summed E-state index contributed by atoms with van der Waals surface area (Å²) in [6, 6.07) is 2.42. The van der Waals surface area contributed by atoms with Gasteiger partial charge in [0.05, 0.1) is 6.61 Å². The standard InChI is InChI=1S/C14H24N4O/c1-4-19-13-5-7-15-14(17-13)16-9-12-6-8-18(10-12)11(2)3/h5,7,11-12H,4,6,8-10H2,1-3H3,(H,15,16,17). The van der Waals surface area contributed by atoms with Crippen LogP contribution in [0.15, 0.2) is 12.3 Å². The number of nitrogens with zero attached hydrogens (tertiary/aromatic N) is 3. The monoisotopic (exact) mass is 264 g/mol. The van der Waals surface area contributed by atoms with Crippen molar-refractivity contribution in [2.24, 2.45) is 5.92 Å². The Morgan fingerprint density at radius 1 is 1.53 bits per heavy atom. The molecule has 0 spiro atoms. The molecule has 0 bridgehead atoms. The minimum Gasteiger partial charge on any atom is -0.478 e. The third kappa shape index (κ3) is 4.06. The molecule has 0 aromatic carbocycles. The summed E-state index contributed by atoms with van der Waals surface area (Å²) in [6.45, 7) is 10.4. The van der Waals surface area contributed by atoms with Crippen molar-refractivity contribution in [3.63, 3.8) is 0 Å². The van der Waals surface area contributed by atoms with Crippen molar-refractivity contribution in [3.05, 3.63) is 12.3 Å². The van der Waals surface area contributed by atoms with Crippen LogP contribution in [0.1, 0.15) is 27.2 Å². The molecule has 1 unspecified atom stereocenters. The molecule has 1 fully saturated rings. The van der Waals surface area contributed by atoms with Gasteiger partial charge < -0.3 is 15.0 Å². The molecule has 1 atom stereocenters. The first kappa shape index (κ1) is 14.1. The number of nitrogens with one attached hydrogen (secondary N) is 1. The maximum Gasteiger partial charge on any atom is 0.225 e. The van der Waals surface area contributed by atoms with Crippen LogP contribution in [0.3, 0.4) is 0 Å². The Balaban J connectivity index is 1.81. The van der Waals surface area contributed by atoms with E-state index in [4.69, 9.17) is 4.74 Å². The van der Waals surface area contributed by atoms with Gasteiger partial charge in [0.25, 0.3) is 0 Å². The van der Waals surface area contributed by atoms with Crippen molar-refractivity contribution in [1.29, 1.82) is 0 Å². The Morgan fingerprint density at radius 2 is 2.37 bits per heavy atom. The quantitative estimate of drug-likeness (QED) is 0.852. The first-order chi connectivity index (χ1) is 9.19. The van der Waals surface area contributed by atoms with Gasteiger partial charge in [-0.1, -0.05) is 0 Å². The van der Waals surface area contributed by atoms with Crippen LogP contribution < -0.4 is 10.1 Å². The van der Waals surface area contributed by atoms with Crippen molar-refractivity contribution in [2.75, 3.05) is 31.6 Å². The Bertz CT molecular complexity index is 397. The molecule has 1 aromatic heterocycles. The highest BCUT2D eigenvalue weighted by Crippen LogP contribution is 2.19. The molecule has 2 heterocycles. The van der Waals surface area contributed by atoms with Gasteiger partial charge in [-0.25, -0.2) is 4.98 Å². The molecule has 0 radical (unpaired) electrons. The van der Waals surface area contributed by atoms with Gasteiger partial charge in [-0.2, -0.15) is 4.98 Å². The van der Waals surface area contributed by atoms with E-state index in [9.17, 15) is 0 Å². The normalized spacial score (nSPS) is 19.9. The Kier molecular flexibility index (Phi) is 4.96. The van der Waals surface area contributed by atoms with E-state index in [1.54, 1.807) is 12.3 Å². The van der Waals surface area contributed by atoms with E-state index in [1.807, 2.05) is 6.92 Å². The summed E-state index contributed by atoms with van der Waals surface area (Å²) in [4.78, 5) is 11.1. The first-order valence-corrected chi connectivity index (χ1v) is 7.12. The summed E-state index contributed by atoms with van der Waals surface area (Å²) < 4.78 is 5.37. The van der Waals surface area contributed by atoms with Crippen LogP contribution in [0.4, 0.5) is 5.95 Å². The van der Waals surface area contributed by atoms with E-state index in [-0.39, 0.29) is 0 Å². The van der Waals surface area contributed by atoms with Crippen molar-refractivity contribution in [3.8, 4) is 5.88 Å². The third-order valence-corrected chi connectivity index (χ3v) is 3.52. The lowest BCUT2D eigenvalue weighted by atomic mass is 10.1. The molecule has 5 nitrogen and oxygen atoms in total. The highest BCUT2D eigenvalue weighted by atomic mass is 16.5. The Labute approximate surface area is 115 Å². The lowest BCUT2D eigenvalue weighted by molar-refractivity contribution is 0.266. The zero-order chi connectivity index (χ0) is 13.7. The second kappa shape index (κ2) is 6.70. The second-order valence-corrected chi connectivity index (χ2v) is 5.28. The Hall–Kier alpha value is -1.36. The molecule has 1 aliphatic rings. The van der Waals surface area contributed by atoms with Crippen molar-refractivity contribution < 1.29 is 4.74 Å². The van der Waals surface area contributed by atoms with Crippen LogP contribution in [0, 0.1) is 5.92 Å². The molecule has 1 saturated heterocycles. The predicted molar refractivity (Wildman–Crippen MR) is 76.5 cm³/mol. The van der Waals surface area contributed by atoms with Crippen LogP contribution in [-0.2, 0) is 0 Å². The average molecular weight is 264 g/mol. The summed E-state index contributed by atoms with van der Waals surface area (Å²) in [6.07, 6.45) is 2.98. The number of ether oxygens (including phenoxy) is 1. The van der Waals surface area contributed by atoms with E-state index in [0.717, 1.165) is 13.1 Å². The molecule has 106 valence electrons. The molecule has 2 rings (SSSR count). The predicted octanol–water partition coefficient (Wildman–Crippen LogP) is 2.02. The van der Waals surface area contributed by atoms with Gasteiger partial charge >= 0.3 is 0 Å². The lowest BCUT2D eigenvalue weighted by Crippen LogP contribution is -2.29. The van der Waals surface area contributed by atoms with Crippen LogP contribution in [0.2, 0.25) is 0 Å². The molecule has 5 heteroatoms.